The molecule has 0 aliphatic carbocycles. The van der Waals surface area contributed by atoms with Crippen LogP contribution in [0.3, 0.4) is 0 Å². The molecule has 9 heteroatoms. The van der Waals surface area contributed by atoms with Gasteiger partial charge in [-0.05, 0) is 29.8 Å². The highest BCUT2D eigenvalue weighted by Crippen LogP contribution is 2.23. The predicted octanol–water partition coefficient (Wildman–Crippen LogP) is 4.97. The summed E-state index contributed by atoms with van der Waals surface area (Å²) in [6.45, 7) is 0. The number of nitrogens with one attached hydrogen (secondary N) is 1. The molecule has 0 atom stereocenters. The van der Waals surface area contributed by atoms with Gasteiger partial charge in [-0.1, -0.05) is 51.0 Å². The van der Waals surface area contributed by atoms with Gasteiger partial charge >= 0.3 is 0 Å². The van der Waals surface area contributed by atoms with Gasteiger partial charge in [0.15, 0.2) is 5.13 Å². The van der Waals surface area contributed by atoms with Crippen molar-refractivity contribution >= 4 is 52.9 Å². The number of hydrogen-bond donors (Lipinski definition) is 1. The van der Waals surface area contributed by atoms with E-state index in [-0.39, 0.29) is 4.90 Å². The highest BCUT2D eigenvalue weighted by Gasteiger charge is 2.15. The summed E-state index contributed by atoms with van der Waals surface area (Å²) >= 11 is 1.23. The number of nitrogens with zero attached hydrogens (tertiary/aromatic N) is 2. The van der Waals surface area contributed by atoms with Crippen molar-refractivity contribution in [3.63, 3.8) is 0 Å². The van der Waals surface area contributed by atoms with Gasteiger partial charge < -0.3 is 0 Å². The molecule has 4 aromatic rings. The van der Waals surface area contributed by atoms with Crippen molar-refractivity contribution in [1.29, 1.82) is 0 Å². The SMILES string of the molecule is O=S(=O)(Nc1nccs1)c1ccc(N=c2sscc2-c2ccccc2)cc1. The summed E-state index contributed by atoms with van der Waals surface area (Å²) in [4.78, 5) is 8.80. The van der Waals surface area contributed by atoms with Crippen molar-refractivity contribution < 1.29 is 8.42 Å². The maximum absolute atomic E-state index is 12.4. The number of benzene rings is 2. The standard InChI is InChI=1S/C18H13N3O2S4/c22-27(23,21-18-19-10-11-24-18)15-8-6-14(7-9-15)20-17-16(12-25-26-17)13-4-2-1-3-5-13/h1-12H,(H,19,21). The molecule has 4 rings (SSSR count). The molecule has 2 aromatic heterocycles. The molecule has 1 N–H and O–H groups in total. The van der Waals surface area contributed by atoms with Crippen LogP contribution < -0.4 is 9.39 Å². The number of aromatic nitrogens is 1. The van der Waals surface area contributed by atoms with E-state index < -0.39 is 10.0 Å². The first-order chi connectivity index (χ1) is 13.1. The molecule has 0 unspecified atom stereocenters. The second-order valence-electron chi connectivity index (χ2n) is 5.43. The van der Waals surface area contributed by atoms with Gasteiger partial charge in [-0.15, -0.1) is 11.3 Å². The minimum Gasteiger partial charge on any atom is -0.255 e. The monoisotopic (exact) mass is 431 g/mol. The summed E-state index contributed by atoms with van der Waals surface area (Å²) in [5, 5.41) is 4.14. The largest absolute Gasteiger partial charge is 0.263 e. The quantitative estimate of drug-likeness (QED) is 0.454. The van der Waals surface area contributed by atoms with Gasteiger partial charge in [0.1, 0.15) is 4.67 Å². The van der Waals surface area contributed by atoms with E-state index in [4.69, 9.17) is 0 Å². The minimum absolute atomic E-state index is 0.175. The van der Waals surface area contributed by atoms with E-state index in [1.54, 1.807) is 56.5 Å². The van der Waals surface area contributed by atoms with Crippen molar-refractivity contribution in [3.8, 4) is 11.1 Å². The van der Waals surface area contributed by atoms with Crippen LogP contribution in [0.4, 0.5) is 10.8 Å². The third kappa shape index (κ3) is 4.16. The van der Waals surface area contributed by atoms with Gasteiger partial charge in [-0.3, -0.25) is 4.72 Å². The molecule has 0 radical (unpaired) electrons. The fourth-order valence-corrected chi connectivity index (χ4v) is 6.21. The molecule has 27 heavy (non-hydrogen) atoms. The van der Waals surface area contributed by atoms with Gasteiger partial charge in [0.2, 0.25) is 0 Å². The third-order valence-electron chi connectivity index (χ3n) is 3.64. The van der Waals surface area contributed by atoms with Crippen molar-refractivity contribution in [2.75, 3.05) is 4.72 Å². The topological polar surface area (TPSA) is 71.4 Å². The summed E-state index contributed by atoms with van der Waals surface area (Å²) in [7, 11) is -0.437. The van der Waals surface area contributed by atoms with E-state index in [0.717, 1.165) is 15.8 Å². The van der Waals surface area contributed by atoms with Gasteiger partial charge in [-0.2, -0.15) is 0 Å². The minimum atomic E-state index is -3.65. The van der Waals surface area contributed by atoms with E-state index in [0.29, 0.717) is 10.8 Å². The van der Waals surface area contributed by atoms with Crippen molar-refractivity contribution in [2.24, 2.45) is 4.99 Å². The second-order valence-corrected chi connectivity index (χ2v) is 10.1. The van der Waals surface area contributed by atoms with E-state index in [1.165, 1.54) is 11.3 Å². The number of anilines is 1. The maximum atomic E-state index is 12.4. The van der Waals surface area contributed by atoms with Crippen LogP contribution in [-0.4, -0.2) is 13.4 Å². The lowest BCUT2D eigenvalue weighted by Gasteiger charge is -2.05. The van der Waals surface area contributed by atoms with Crippen LogP contribution in [0.5, 0.6) is 0 Å². The Morgan fingerprint density at radius 3 is 2.48 bits per heavy atom. The Kier molecular flexibility index (Phi) is 5.17. The molecule has 0 saturated carbocycles. The molecule has 0 saturated heterocycles. The molecule has 136 valence electrons. The molecule has 0 bridgehead atoms. The van der Waals surface area contributed by atoms with E-state index in [2.05, 4.69) is 20.1 Å². The molecule has 0 aliphatic rings. The molecule has 0 spiro atoms. The van der Waals surface area contributed by atoms with Crippen LogP contribution in [-0.2, 0) is 10.0 Å². The molecule has 0 aliphatic heterocycles. The zero-order valence-corrected chi connectivity index (χ0v) is 17.0. The zero-order valence-electron chi connectivity index (χ0n) is 13.8. The molecule has 0 amide bonds. The van der Waals surface area contributed by atoms with Gasteiger partial charge in [0, 0.05) is 22.5 Å². The van der Waals surface area contributed by atoms with Crippen LogP contribution in [0, 0.1) is 0 Å². The van der Waals surface area contributed by atoms with Crippen LogP contribution in [0.1, 0.15) is 0 Å². The number of sulfonamides is 1. The molecular formula is C18H13N3O2S4. The molecular weight excluding hydrogens is 418 g/mol. The highest BCUT2D eigenvalue weighted by atomic mass is 32.9. The Hall–Kier alpha value is -2.33. The Morgan fingerprint density at radius 2 is 1.78 bits per heavy atom. The first kappa shape index (κ1) is 18.1. The van der Waals surface area contributed by atoms with Gasteiger partial charge in [0.05, 0.1) is 10.6 Å². The molecule has 2 aromatic carbocycles. The summed E-state index contributed by atoms with van der Waals surface area (Å²) in [6.07, 6.45) is 1.55. The Morgan fingerprint density at radius 1 is 1.00 bits per heavy atom. The average molecular weight is 432 g/mol. The Bertz CT molecular complexity index is 1190. The van der Waals surface area contributed by atoms with E-state index in [9.17, 15) is 8.42 Å². The highest BCUT2D eigenvalue weighted by molar-refractivity contribution is 7.93. The lowest BCUT2D eigenvalue weighted by molar-refractivity contribution is 0.601. The molecule has 5 nitrogen and oxygen atoms in total. The summed E-state index contributed by atoms with van der Waals surface area (Å²) in [5.41, 5.74) is 2.89. The summed E-state index contributed by atoms with van der Waals surface area (Å²) in [6, 6.07) is 16.6. The second kappa shape index (κ2) is 7.73. The normalized spacial score (nSPS) is 12.2. The van der Waals surface area contributed by atoms with Crippen molar-refractivity contribution in [1.82, 2.24) is 4.98 Å². The number of rotatable bonds is 5. The van der Waals surface area contributed by atoms with Crippen LogP contribution in [0.25, 0.3) is 11.1 Å². The van der Waals surface area contributed by atoms with Gasteiger partial charge in [-0.25, -0.2) is 18.4 Å². The van der Waals surface area contributed by atoms with E-state index in [1.807, 2.05) is 30.3 Å². The van der Waals surface area contributed by atoms with Crippen LogP contribution >= 0.6 is 32.0 Å². The fraction of sp³-hybridized carbons (Fsp3) is 0. The van der Waals surface area contributed by atoms with Crippen molar-refractivity contribution in [3.05, 3.63) is 76.2 Å². The molecule has 2 heterocycles. The predicted molar refractivity (Wildman–Crippen MR) is 112 cm³/mol. The Balaban J connectivity index is 1.63. The molecule has 0 fully saturated rings. The van der Waals surface area contributed by atoms with Gasteiger partial charge in [0.25, 0.3) is 10.0 Å². The van der Waals surface area contributed by atoms with Crippen molar-refractivity contribution in [2.45, 2.75) is 4.90 Å². The lowest BCUT2D eigenvalue weighted by atomic mass is 10.1. The van der Waals surface area contributed by atoms with Crippen LogP contribution in [0.15, 0.2) is 81.4 Å². The summed E-state index contributed by atoms with van der Waals surface area (Å²) < 4.78 is 28.2. The lowest BCUT2D eigenvalue weighted by Crippen LogP contribution is -2.12. The van der Waals surface area contributed by atoms with E-state index >= 15 is 0 Å². The average Bonchev–Trinajstić information content (AvgIpc) is 3.35. The smallest absolute Gasteiger partial charge is 0.255 e. The van der Waals surface area contributed by atoms with Crippen LogP contribution in [0.2, 0.25) is 0 Å². The maximum Gasteiger partial charge on any atom is 0.263 e. The Labute approximate surface area is 167 Å². The number of hydrogen-bond acceptors (Lipinski definition) is 7. The first-order valence-electron chi connectivity index (χ1n) is 7.82. The summed E-state index contributed by atoms with van der Waals surface area (Å²) in [5.74, 6) is 0. The zero-order chi connectivity index (χ0) is 18.7. The third-order valence-corrected chi connectivity index (χ3v) is 7.76. The fourth-order valence-electron chi connectivity index (χ4n) is 2.37. The first-order valence-corrected chi connectivity index (χ1v) is 12.4. The number of thiazole rings is 1.